The number of nitrogens with zero attached hydrogens (tertiary/aromatic N) is 1. The van der Waals surface area contributed by atoms with Crippen LogP contribution in [0.5, 0.6) is 5.75 Å². The second-order valence-electron chi connectivity index (χ2n) is 4.40. The number of nitro benzene ring substituents is 1. The molecule has 0 bridgehead atoms. The van der Waals surface area contributed by atoms with E-state index in [-0.39, 0.29) is 17.9 Å². The molecule has 100 valence electrons. The van der Waals surface area contributed by atoms with Gasteiger partial charge in [-0.1, -0.05) is 6.07 Å². The van der Waals surface area contributed by atoms with Crippen LogP contribution in [0, 0.1) is 10.1 Å². The minimum atomic E-state index is -0.998. The second-order valence-corrected chi connectivity index (χ2v) is 4.40. The SMILES string of the molecule is O=C(O)c1ccc2c(c1)COc1cc([N+](=O)[O-])ccc1-2. The van der Waals surface area contributed by atoms with Crippen LogP contribution in [0.4, 0.5) is 5.69 Å². The summed E-state index contributed by atoms with van der Waals surface area (Å²) in [6.45, 7) is 0.199. The molecule has 2 aromatic carbocycles. The summed E-state index contributed by atoms with van der Waals surface area (Å²) in [6, 6.07) is 9.17. The largest absolute Gasteiger partial charge is 0.488 e. The first-order valence-corrected chi connectivity index (χ1v) is 5.84. The first kappa shape index (κ1) is 12.2. The molecular formula is C14H9NO5. The lowest BCUT2D eigenvalue weighted by molar-refractivity contribution is -0.384. The number of ether oxygens (including phenoxy) is 1. The number of fused-ring (bicyclic) bond motifs is 3. The third-order valence-corrected chi connectivity index (χ3v) is 3.20. The average molecular weight is 271 g/mol. The third kappa shape index (κ3) is 1.87. The van der Waals surface area contributed by atoms with Crippen LogP contribution < -0.4 is 4.74 Å². The van der Waals surface area contributed by atoms with Crippen molar-refractivity contribution in [3.05, 3.63) is 57.6 Å². The van der Waals surface area contributed by atoms with E-state index in [4.69, 9.17) is 9.84 Å². The van der Waals surface area contributed by atoms with Crippen molar-refractivity contribution in [3.63, 3.8) is 0 Å². The maximum Gasteiger partial charge on any atom is 0.335 e. The lowest BCUT2D eigenvalue weighted by atomic mass is 9.95. The van der Waals surface area contributed by atoms with Crippen molar-refractivity contribution in [1.82, 2.24) is 0 Å². The fourth-order valence-electron chi connectivity index (χ4n) is 2.23. The molecule has 1 aliphatic heterocycles. The summed E-state index contributed by atoms with van der Waals surface area (Å²) in [5.41, 5.74) is 2.48. The molecule has 0 unspecified atom stereocenters. The molecule has 0 amide bonds. The summed E-state index contributed by atoms with van der Waals surface area (Å²) < 4.78 is 5.48. The summed E-state index contributed by atoms with van der Waals surface area (Å²) in [5, 5.41) is 19.7. The number of benzene rings is 2. The van der Waals surface area contributed by atoms with Crippen molar-refractivity contribution < 1.29 is 19.6 Å². The number of nitro groups is 1. The van der Waals surface area contributed by atoms with Crippen molar-refractivity contribution in [2.45, 2.75) is 6.61 Å². The van der Waals surface area contributed by atoms with Gasteiger partial charge in [-0.2, -0.15) is 0 Å². The molecule has 6 nitrogen and oxygen atoms in total. The van der Waals surface area contributed by atoms with Gasteiger partial charge in [-0.3, -0.25) is 10.1 Å². The molecule has 0 fully saturated rings. The van der Waals surface area contributed by atoms with E-state index < -0.39 is 10.9 Å². The van der Waals surface area contributed by atoms with Crippen molar-refractivity contribution >= 4 is 11.7 Å². The van der Waals surface area contributed by atoms with Gasteiger partial charge in [-0.25, -0.2) is 4.79 Å². The van der Waals surface area contributed by atoms with Crippen molar-refractivity contribution in [1.29, 1.82) is 0 Å². The van der Waals surface area contributed by atoms with Crippen LogP contribution in [-0.4, -0.2) is 16.0 Å². The normalized spacial score (nSPS) is 12.0. The predicted octanol–water partition coefficient (Wildman–Crippen LogP) is 2.85. The zero-order chi connectivity index (χ0) is 14.3. The van der Waals surface area contributed by atoms with Gasteiger partial charge in [0.25, 0.3) is 5.69 Å². The molecule has 0 atom stereocenters. The highest BCUT2D eigenvalue weighted by Crippen LogP contribution is 2.39. The Hall–Kier alpha value is -2.89. The Morgan fingerprint density at radius 2 is 1.95 bits per heavy atom. The van der Waals surface area contributed by atoms with Gasteiger partial charge in [-0.05, 0) is 29.3 Å². The minimum absolute atomic E-state index is 0.0330. The maximum atomic E-state index is 10.9. The van der Waals surface area contributed by atoms with Crippen molar-refractivity contribution in [2.24, 2.45) is 0 Å². The zero-order valence-corrected chi connectivity index (χ0v) is 10.2. The summed E-state index contributed by atoms with van der Waals surface area (Å²) in [6.07, 6.45) is 0. The molecule has 0 radical (unpaired) electrons. The molecule has 0 aromatic heterocycles. The Labute approximate surface area is 113 Å². The Morgan fingerprint density at radius 3 is 2.65 bits per heavy atom. The predicted molar refractivity (Wildman–Crippen MR) is 69.8 cm³/mol. The molecule has 0 aliphatic carbocycles. The number of carboxylic acids is 1. The van der Waals surface area contributed by atoms with E-state index in [1.807, 2.05) is 0 Å². The highest BCUT2D eigenvalue weighted by molar-refractivity contribution is 5.89. The van der Waals surface area contributed by atoms with Crippen LogP contribution in [0.3, 0.4) is 0 Å². The summed E-state index contributed by atoms with van der Waals surface area (Å²) in [7, 11) is 0. The Balaban J connectivity index is 2.12. The fraction of sp³-hybridized carbons (Fsp3) is 0.0714. The van der Waals surface area contributed by atoms with Gasteiger partial charge in [0.1, 0.15) is 12.4 Å². The quantitative estimate of drug-likeness (QED) is 0.670. The smallest absolute Gasteiger partial charge is 0.335 e. The van der Waals surface area contributed by atoms with E-state index in [1.54, 1.807) is 18.2 Å². The van der Waals surface area contributed by atoms with E-state index in [0.717, 1.165) is 16.7 Å². The minimum Gasteiger partial charge on any atom is -0.488 e. The van der Waals surface area contributed by atoms with E-state index in [0.29, 0.717) is 5.75 Å². The number of hydrogen-bond donors (Lipinski definition) is 1. The summed E-state index contributed by atoms with van der Waals surface area (Å²) >= 11 is 0. The fourth-order valence-corrected chi connectivity index (χ4v) is 2.23. The van der Waals surface area contributed by atoms with E-state index in [9.17, 15) is 14.9 Å². The first-order valence-electron chi connectivity index (χ1n) is 5.84. The second kappa shape index (κ2) is 4.34. The van der Waals surface area contributed by atoms with E-state index >= 15 is 0 Å². The number of rotatable bonds is 2. The summed E-state index contributed by atoms with van der Waals surface area (Å²) in [5.74, 6) is -0.558. The van der Waals surface area contributed by atoms with Crippen LogP contribution in [0.15, 0.2) is 36.4 Å². The van der Waals surface area contributed by atoms with Gasteiger partial charge < -0.3 is 9.84 Å². The van der Waals surface area contributed by atoms with Crippen LogP contribution in [0.1, 0.15) is 15.9 Å². The van der Waals surface area contributed by atoms with Crippen LogP contribution >= 0.6 is 0 Å². The molecule has 0 saturated heterocycles. The number of carbonyl (C=O) groups is 1. The average Bonchev–Trinajstić information content (AvgIpc) is 2.45. The molecule has 0 spiro atoms. The number of carboxylic acid groups (broad SMARTS) is 1. The van der Waals surface area contributed by atoms with E-state index in [2.05, 4.69) is 0 Å². The number of non-ortho nitro benzene ring substituents is 1. The van der Waals surface area contributed by atoms with Crippen LogP contribution in [-0.2, 0) is 6.61 Å². The monoisotopic (exact) mass is 271 g/mol. The van der Waals surface area contributed by atoms with Gasteiger partial charge in [-0.15, -0.1) is 0 Å². The van der Waals surface area contributed by atoms with Crippen LogP contribution in [0.2, 0.25) is 0 Å². The van der Waals surface area contributed by atoms with Gasteiger partial charge in [0.2, 0.25) is 0 Å². The zero-order valence-electron chi connectivity index (χ0n) is 10.2. The Kier molecular flexibility index (Phi) is 2.64. The van der Waals surface area contributed by atoms with Gasteiger partial charge in [0, 0.05) is 11.6 Å². The van der Waals surface area contributed by atoms with Gasteiger partial charge >= 0.3 is 5.97 Å². The molecule has 1 N–H and O–H groups in total. The Bertz CT molecular complexity index is 675. The van der Waals surface area contributed by atoms with Crippen molar-refractivity contribution in [3.8, 4) is 16.9 Å². The number of aromatic carboxylic acids is 1. The topological polar surface area (TPSA) is 89.7 Å². The molecule has 0 saturated carbocycles. The lowest BCUT2D eigenvalue weighted by Crippen LogP contribution is -2.08. The van der Waals surface area contributed by atoms with E-state index in [1.165, 1.54) is 18.2 Å². The number of hydrogen-bond acceptors (Lipinski definition) is 4. The highest BCUT2D eigenvalue weighted by Gasteiger charge is 2.21. The molecule has 1 aliphatic rings. The molecule has 3 rings (SSSR count). The highest BCUT2D eigenvalue weighted by atomic mass is 16.6. The van der Waals surface area contributed by atoms with Crippen LogP contribution in [0.25, 0.3) is 11.1 Å². The van der Waals surface area contributed by atoms with Gasteiger partial charge in [0.15, 0.2) is 0 Å². The maximum absolute atomic E-state index is 10.9. The Morgan fingerprint density at radius 1 is 1.20 bits per heavy atom. The molecule has 6 heteroatoms. The lowest BCUT2D eigenvalue weighted by Gasteiger charge is -2.20. The molecule has 1 heterocycles. The van der Waals surface area contributed by atoms with Gasteiger partial charge in [0.05, 0.1) is 16.6 Å². The van der Waals surface area contributed by atoms with Crippen molar-refractivity contribution in [2.75, 3.05) is 0 Å². The first-order chi connectivity index (χ1) is 9.56. The summed E-state index contributed by atoms with van der Waals surface area (Å²) in [4.78, 5) is 21.2. The molecule has 2 aromatic rings. The standard InChI is InChI=1S/C14H9NO5/c16-14(17)8-1-3-11-9(5-8)7-20-13-6-10(15(18)19)2-4-12(11)13/h1-6H,7H2,(H,16,17). The molecule has 20 heavy (non-hydrogen) atoms. The molecular weight excluding hydrogens is 262 g/mol. The third-order valence-electron chi connectivity index (χ3n) is 3.20.